The van der Waals surface area contributed by atoms with E-state index >= 15 is 0 Å². The zero-order valence-corrected chi connectivity index (χ0v) is 8.15. The van der Waals surface area contributed by atoms with E-state index in [1.165, 1.54) is 18.0 Å². The monoisotopic (exact) mass is 186 g/mol. The molecule has 4 heteroatoms. The normalized spacial score (nSPS) is 13.2. The Kier molecular flexibility index (Phi) is 5.28. The third kappa shape index (κ3) is 3.48. The number of nitrogens with two attached hydrogens (primary N) is 2. The van der Waals surface area contributed by atoms with Crippen molar-refractivity contribution < 1.29 is 4.79 Å². The van der Waals surface area contributed by atoms with Crippen LogP contribution in [-0.4, -0.2) is 5.91 Å². The summed E-state index contributed by atoms with van der Waals surface area (Å²) in [7, 11) is 0. The molecule has 0 fully saturated rings. The molecule has 0 radical (unpaired) electrons. The van der Waals surface area contributed by atoms with Crippen molar-refractivity contribution in [2.75, 3.05) is 0 Å². The number of primary amides is 1. The minimum Gasteiger partial charge on any atom is -0.404 e. The zero-order valence-electron chi connectivity index (χ0n) is 7.33. The van der Waals surface area contributed by atoms with E-state index in [1.54, 1.807) is 13.0 Å². The Labute approximate surface area is 76.9 Å². The Morgan fingerprint density at radius 3 is 2.42 bits per heavy atom. The predicted octanol–water partition coefficient (Wildman–Crippen LogP) is 1.32. The Morgan fingerprint density at radius 2 is 2.17 bits per heavy atom. The van der Waals surface area contributed by atoms with E-state index in [-0.39, 0.29) is 0 Å². The van der Waals surface area contributed by atoms with Crippen LogP contribution in [-0.2, 0) is 4.79 Å². The van der Waals surface area contributed by atoms with Crippen LogP contribution in [0.15, 0.2) is 22.1 Å². The van der Waals surface area contributed by atoms with Crippen LogP contribution in [0.1, 0.15) is 20.3 Å². The van der Waals surface area contributed by atoms with Gasteiger partial charge in [0, 0.05) is 11.1 Å². The summed E-state index contributed by atoms with van der Waals surface area (Å²) in [5.41, 5.74) is 10.4. The van der Waals surface area contributed by atoms with Gasteiger partial charge in [-0.25, -0.2) is 0 Å². The molecule has 3 nitrogen and oxygen atoms in total. The van der Waals surface area contributed by atoms with Crippen molar-refractivity contribution in [3.8, 4) is 0 Å². The van der Waals surface area contributed by atoms with Gasteiger partial charge in [-0.1, -0.05) is 24.8 Å². The molecule has 0 aromatic heterocycles. The summed E-state index contributed by atoms with van der Waals surface area (Å²) in [4.78, 5) is 12.2. The molecule has 0 unspecified atom stereocenters. The second kappa shape index (κ2) is 5.71. The molecule has 12 heavy (non-hydrogen) atoms. The van der Waals surface area contributed by atoms with Crippen LogP contribution < -0.4 is 11.5 Å². The molecular weight excluding hydrogens is 172 g/mol. The second-order valence-corrected chi connectivity index (χ2v) is 3.27. The average molecular weight is 186 g/mol. The van der Waals surface area contributed by atoms with Crippen LogP contribution in [0.5, 0.6) is 0 Å². The SMILES string of the molecule is C/C=C(\S/C(=C\N)CC)C(N)=O. The Hall–Kier alpha value is -0.900. The molecule has 0 aliphatic rings. The smallest absolute Gasteiger partial charge is 0.255 e. The maximum absolute atomic E-state index is 10.8. The first kappa shape index (κ1) is 11.1. The van der Waals surface area contributed by atoms with E-state index in [2.05, 4.69) is 0 Å². The van der Waals surface area contributed by atoms with Crippen LogP contribution in [0.2, 0.25) is 0 Å². The van der Waals surface area contributed by atoms with Gasteiger partial charge in [-0.3, -0.25) is 4.79 Å². The van der Waals surface area contributed by atoms with Gasteiger partial charge < -0.3 is 11.5 Å². The van der Waals surface area contributed by atoms with E-state index < -0.39 is 5.91 Å². The number of hydrogen-bond donors (Lipinski definition) is 2. The topological polar surface area (TPSA) is 69.1 Å². The molecular formula is C8H14N2OS. The summed E-state index contributed by atoms with van der Waals surface area (Å²) in [5, 5.41) is 0. The lowest BCUT2D eigenvalue weighted by atomic mass is 10.5. The fourth-order valence-electron chi connectivity index (χ4n) is 0.617. The highest BCUT2D eigenvalue weighted by molar-refractivity contribution is 8.07. The minimum absolute atomic E-state index is 0.407. The molecule has 0 bridgehead atoms. The third-order valence-corrected chi connectivity index (χ3v) is 2.62. The summed E-state index contributed by atoms with van der Waals surface area (Å²) < 4.78 is 0. The lowest BCUT2D eigenvalue weighted by molar-refractivity contribution is -0.113. The quantitative estimate of drug-likeness (QED) is 0.650. The molecule has 0 spiro atoms. The fourth-order valence-corrected chi connectivity index (χ4v) is 1.33. The van der Waals surface area contributed by atoms with E-state index in [0.29, 0.717) is 4.91 Å². The number of rotatable bonds is 4. The van der Waals surface area contributed by atoms with E-state index in [4.69, 9.17) is 11.5 Å². The van der Waals surface area contributed by atoms with E-state index in [0.717, 1.165) is 11.3 Å². The molecule has 0 rings (SSSR count). The summed E-state index contributed by atoms with van der Waals surface area (Å²) >= 11 is 1.32. The van der Waals surface area contributed by atoms with Gasteiger partial charge in [-0.05, 0) is 13.3 Å². The molecule has 0 aromatic rings. The number of allylic oxidation sites excluding steroid dienone is 2. The van der Waals surface area contributed by atoms with Gasteiger partial charge in [0.25, 0.3) is 5.91 Å². The predicted molar refractivity (Wildman–Crippen MR) is 53.1 cm³/mol. The van der Waals surface area contributed by atoms with Crippen molar-refractivity contribution in [1.82, 2.24) is 0 Å². The van der Waals surface area contributed by atoms with Gasteiger partial charge in [0.05, 0.1) is 4.91 Å². The first-order valence-corrected chi connectivity index (χ1v) is 4.52. The van der Waals surface area contributed by atoms with Gasteiger partial charge in [-0.2, -0.15) is 0 Å². The van der Waals surface area contributed by atoms with Crippen molar-refractivity contribution in [2.45, 2.75) is 20.3 Å². The molecule has 0 aliphatic carbocycles. The van der Waals surface area contributed by atoms with Crippen molar-refractivity contribution in [2.24, 2.45) is 11.5 Å². The highest BCUT2D eigenvalue weighted by Crippen LogP contribution is 2.26. The number of thioether (sulfide) groups is 1. The summed E-state index contributed by atoms with van der Waals surface area (Å²) in [6.07, 6.45) is 4.00. The van der Waals surface area contributed by atoms with Crippen LogP contribution in [0, 0.1) is 0 Å². The first-order valence-electron chi connectivity index (χ1n) is 3.70. The highest BCUT2D eigenvalue weighted by Gasteiger charge is 2.05. The van der Waals surface area contributed by atoms with Crippen LogP contribution in [0.25, 0.3) is 0 Å². The van der Waals surface area contributed by atoms with Gasteiger partial charge in [0.2, 0.25) is 0 Å². The van der Waals surface area contributed by atoms with Gasteiger partial charge >= 0.3 is 0 Å². The molecule has 0 saturated heterocycles. The number of amides is 1. The molecule has 0 aromatic carbocycles. The third-order valence-electron chi connectivity index (χ3n) is 1.28. The Morgan fingerprint density at radius 1 is 1.58 bits per heavy atom. The number of hydrogen-bond acceptors (Lipinski definition) is 3. The van der Waals surface area contributed by atoms with Crippen molar-refractivity contribution in [1.29, 1.82) is 0 Å². The van der Waals surface area contributed by atoms with Crippen LogP contribution >= 0.6 is 11.8 Å². The average Bonchev–Trinajstić information content (AvgIpc) is 2.06. The summed E-state index contributed by atoms with van der Waals surface area (Å²) in [5.74, 6) is -0.407. The standard InChI is InChI=1S/C8H14N2OS/c1-3-6(5-9)12-7(4-2)8(10)11/h4-5H,3,9H2,1-2H3,(H2,10,11)/b6-5-,7-4-. The summed E-state index contributed by atoms with van der Waals surface area (Å²) in [6.45, 7) is 3.75. The Bertz CT molecular complexity index is 221. The first-order chi connectivity index (χ1) is 5.65. The van der Waals surface area contributed by atoms with Gasteiger partial charge in [0.1, 0.15) is 0 Å². The zero-order chi connectivity index (χ0) is 9.56. The number of carbonyl (C=O) groups is 1. The van der Waals surface area contributed by atoms with Crippen LogP contribution in [0.3, 0.4) is 0 Å². The second-order valence-electron chi connectivity index (χ2n) is 2.11. The maximum atomic E-state index is 10.8. The molecule has 4 N–H and O–H groups in total. The lowest BCUT2D eigenvalue weighted by Crippen LogP contribution is -2.11. The molecule has 0 atom stereocenters. The minimum atomic E-state index is -0.407. The largest absolute Gasteiger partial charge is 0.404 e. The lowest BCUT2D eigenvalue weighted by Gasteiger charge is -2.03. The molecule has 0 saturated carbocycles. The van der Waals surface area contributed by atoms with Crippen molar-refractivity contribution >= 4 is 17.7 Å². The molecule has 68 valence electrons. The van der Waals surface area contributed by atoms with Gasteiger partial charge in [-0.15, -0.1) is 0 Å². The van der Waals surface area contributed by atoms with Gasteiger partial charge in [0.15, 0.2) is 0 Å². The molecule has 0 heterocycles. The maximum Gasteiger partial charge on any atom is 0.255 e. The van der Waals surface area contributed by atoms with E-state index in [1.807, 2.05) is 6.92 Å². The van der Waals surface area contributed by atoms with Crippen LogP contribution in [0.4, 0.5) is 0 Å². The number of carbonyl (C=O) groups excluding carboxylic acids is 1. The van der Waals surface area contributed by atoms with Crippen molar-refractivity contribution in [3.63, 3.8) is 0 Å². The van der Waals surface area contributed by atoms with E-state index in [9.17, 15) is 4.79 Å². The highest BCUT2D eigenvalue weighted by atomic mass is 32.2. The molecule has 0 aliphatic heterocycles. The molecule has 1 amide bonds. The Balaban J connectivity index is 4.32. The summed E-state index contributed by atoms with van der Waals surface area (Å²) in [6, 6.07) is 0. The van der Waals surface area contributed by atoms with Crippen molar-refractivity contribution in [3.05, 3.63) is 22.1 Å². The fraction of sp³-hybridized carbons (Fsp3) is 0.375.